The Hall–Kier alpha value is -5.09. The van der Waals surface area contributed by atoms with Gasteiger partial charge >= 0.3 is 0 Å². The molecule has 3 aromatic carbocycles. The molecule has 0 bridgehead atoms. The van der Waals surface area contributed by atoms with Crippen LogP contribution in [0.1, 0.15) is 42.4 Å². The minimum atomic E-state index is -0.147. The number of benzene rings is 3. The molecule has 2 saturated heterocycles. The third kappa shape index (κ3) is 7.81. The number of aromatic nitrogens is 3. The number of fused-ring (bicyclic) bond motifs is 1. The van der Waals surface area contributed by atoms with Gasteiger partial charge in [-0.05, 0) is 85.3 Å². The maximum absolute atomic E-state index is 13.7. The van der Waals surface area contributed by atoms with Gasteiger partial charge in [0.1, 0.15) is 0 Å². The molecule has 2 fully saturated rings. The average molecular weight is 689 g/mol. The Kier molecular flexibility index (Phi) is 10.4. The van der Waals surface area contributed by atoms with Gasteiger partial charge in [0.2, 0.25) is 17.6 Å². The van der Waals surface area contributed by atoms with Crippen LogP contribution in [0.3, 0.4) is 0 Å². The van der Waals surface area contributed by atoms with Gasteiger partial charge in [-0.15, -0.1) is 0 Å². The van der Waals surface area contributed by atoms with E-state index in [4.69, 9.17) is 19.2 Å². The van der Waals surface area contributed by atoms with Crippen molar-refractivity contribution in [1.82, 2.24) is 24.3 Å². The largest absolute Gasteiger partial charge is 0.493 e. The summed E-state index contributed by atoms with van der Waals surface area (Å²) in [4.78, 5) is 27.5. The maximum Gasteiger partial charge on any atom is 0.223 e. The van der Waals surface area contributed by atoms with Crippen LogP contribution in [0, 0.1) is 5.41 Å². The fraction of sp³-hybridized carbons (Fsp3) is 0.390. The van der Waals surface area contributed by atoms with Crippen molar-refractivity contribution in [2.45, 2.75) is 51.2 Å². The lowest BCUT2D eigenvalue weighted by Gasteiger charge is -2.36. The highest BCUT2D eigenvalue weighted by atomic mass is 16.5. The second-order valence-electron chi connectivity index (χ2n) is 14.0. The number of pyridine rings is 1. The zero-order chi connectivity index (χ0) is 35.2. The first-order chi connectivity index (χ1) is 25.0. The summed E-state index contributed by atoms with van der Waals surface area (Å²) < 4.78 is 19.0. The predicted octanol–water partition coefficient (Wildman–Crippen LogP) is 6.43. The number of anilines is 1. The monoisotopic (exact) mass is 688 g/mol. The fourth-order valence-corrected chi connectivity index (χ4v) is 7.87. The van der Waals surface area contributed by atoms with Crippen molar-refractivity contribution in [2.75, 3.05) is 52.8 Å². The van der Waals surface area contributed by atoms with E-state index in [1.165, 1.54) is 11.1 Å². The lowest BCUT2D eigenvalue weighted by Crippen LogP contribution is -2.42. The van der Waals surface area contributed by atoms with Gasteiger partial charge in [-0.1, -0.05) is 42.5 Å². The van der Waals surface area contributed by atoms with Gasteiger partial charge in [-0.3, -0.25) is 9.78 Å². The van der Waals surface area contributed by atoms with Gasteiger partial charge in [0.05, 0.1) is 38.9 Å². The van der Waals surface area contributed by atoms with Crippen LogP contribution in [0.4, 0.5) is 5.95 Å². The summed E-state index contributed by atoms with van der Waals surface area (Å²) in [5, 5.41) is 3.81. The Morgan fingerprint density at radius 1 is 0.824 bits per heavy atom. The standard InChI is InChI=1S/C41H48N6O4/c1-49-36-23-32(24-37(50-2)39(36)51-3)27-46-29-41(26-38(46)48,25-30-9-5-4-6-10-30)17-22-45-20-15-33(16-21-45)43-40-44-34-11-7-8-12-35(34)47(40)28-31-13-18-42-19-14-31/h4-14,18-19,23-24,33H,15-17,20-22,25-29H2,1-3H3,(H,43,44). The summed E-state index contributed by atoms with van der Waals surface area (Å²) >= 11 is 0. The number of carbonyl (C=O) groups excluding carboxylic acids is 1. The molecule has 5 aromatic rings. The summed E-state index contributed by atoms with van der Waals surface area (Å²) in [5.74, 6) is 2.86. The van der Waals surface area contributed by atoms with Crippen LogP contribution in [-0.2, 0) is 24.3 Å². The highest BCUT2D eigenvalue weighted by molar-refractivity contribution is 5.80. The summed E-state index contributed by atoms with van der Waals surface area (Å²) in [5.41, 5.74) is 5.41. The van der Waals surface area contributed by atoms with E-state index in [1.54, 1.807) is 21.3 Å². The number of nitrogens with one attached hydrogen (secondary N) is 1. The molecule has 0 spiro atoms. The minimum absolute atomic E-state index is 0.147. The van der Waals surface area contributed by atoms with Crippen molar-refractivity contribution in [3.8, 4) is 17.2 Å². The summed E-state index contributed by atoms with van der Waals surface area (Å²) in [6, 6.07) is 27.3. The van der Waals surface area contributed by atoms with Crippen molar-refractivity contribution in [1.29, 1.82) is 0 Å². The van der Waals surface area contributed by atoms with Crippen molar-refractivity contribution < 1.29 is 19.0 Å². The number of rotatable bonds is 14. The van der Waals surface area contributed by atoms with Crippen molar-refractivity contribution in [3.05, 3.63) is 108 Å². The smallest absolute Gasteiger partial charge is 0.223 e. The normalized spacial score (nSPS) is 18.3. The van der Waals surface area contributed by atoms with Crippen molar-refractivity contribution in [2.24, 2.45) is 5.41 Å². The molecule has 0 aliphatic carbocycles. The molecule has 2 aliphatic heterocycles. The van der Waals surface area contributed by atoms with Crippen LogP contribution < -0.4 is 19.5 Å². The highest BCUT2D eigenvalue weighted by Gasteiger charge is 2.43. The van der Waals surface area contributed by atoms with Gasteiger partial charge in [0.15, 0.2) is 11.5 Å². The number of hydrogen-bond donors (Lipinski definition) is 1. The second kappa shape index (κ2) is 15.4. The van der Waals surface area contributed by atoms with Crippen LogP contribution in [0.15, 0.2) is 91.3 Å². The number of carbonyl (C=O) groups is 1. The highest BCUT2D eigenvalue weighted by Crippen LogP contribution is 2.42. The number of methoxy groups -OCH3 is 3. The number of imidazole rings is 1. The molecule has 1 amide bonds. The molecule has 4 heterocycles. The molecule has 1 N–H and O–H groups in total. The van der Waals surface area contributed by atoms with E-state index in [1.807, 2.05) is 35.5 Å². The Labute approximate surface area is 300 Å². The van der Waals surface area contributed by atoms with Gasteiger partial charge in [-0.25, -0.2) is 4.98 Å². The average Bonchev–Trinajstić information content (AvgIpc) is 3.66. The molecule has 1 unspecified atom stereocenters. The molecule has 0 radical (unpaired) electrons. The minimum Gasteiger partial charge on any atom is -0.493 e. The number of hydrogen-bond acceptors (Lipinski definition) is 8. The lowest BCUT2D eigenvalue weighted by molar-refractivity contribution is -0.128. The van der Waals surface area contributed by atoms with E-state index in [2.05, 4.69) is 80.4 Å². The number of nitrogens with zero attached hydrogens (tertiary/aromatic N) is 5. The molecule has 0 saturated carbocycles. The van der Waals surface area contributed by atoms with Crippen LogP contribution in [0.5, 0.6) is 17.2 Å². The van der Waals surface area contributed by atoms with Gasteiger partial charge in [0, 0.05) is 56.5 Å². The van der Waals surface area contributed by atoms with E-state index < -0.39 is 0 Å². The number of piperidine rings is 1. The molecule has 2 aromatic heterocycles. The number of likely N-dealkylation sites (tertiary alicyclic amines) is 2. The first kappa shape index (κ1) is 34.4. The fourth-order valence-electron chi connectivity index (χ4n) is 7.87. The molecule has 2 aliphatic rings. The summed E-state index contributed by atoms with van der Waals surface area (Å²) in [7, 11) is 4.84. The maximum atomic E-state index is 13.7. The van der Waals surface area contributed by atoms with E-state index >= 15 is 0 Å². The zero-order valence-corrected chi connectivity index (χ0v) is 29.9. The second-order valence-corrected chi connectivity index (χ2v) is 14.0. The van der Waals surface area contributed by atoms with Crippen LogP contribution in [0.2, 0.25) is 0 Å². The molecule has 10 nitrogen and oxygen atoms in total. The number of amides is 1. The van der Waals surface area contributed by atoms with E-state index in [0.717, 1.165) is 74.4 Å². The molecule has 266 valence electrons. The number of ether oxygens (including phenoxy) is 3. The Morgan fingerprint density at radius 2 is 1.53 bits per heavy atom. The quantitative estimate of drug-likeness (QED) is 0.143. The van der Waals surface area contributed by atoms with E-state index in [0.29, 0.717) is 42.8 Å². The first-order valence-electron chi connectivity index (χ1n) is 17.9. The third-order valence-electron chi connectivity index (χ3n) is 10.5. The van der Waals surface area contributed by atoms with E-state index in [-0.39, 0.29) is 11.3 Å². The van der Waals surface area contributed by atoms with Crippen LogP contribution in [-0.4, -0.2) is 83.8 Å². The SMILES string of the molecule is COc1cc(CN2CC(CCN3CCC(Nc4nc5ccccc5n4Cc4ccncc4)CC3)(Cc3ccccc3)CC2=O)cc(OC)c1OC. The van der Waals surface area contributed by atoms with Crippen molar-refractivity contribution in [3.63, 3.8) is 0 Å². The molecule has 1 atom stereocenters. The molecular weight excluding hydrogens is 640 g/mol. The molecule has 10 heteroatoms. The summed E-state index contributed by atoms with van der Waals surface area (Å²) in [6.07, 6.45) is 8.13. The summed E-state index contributed by atoms with van der Waals surface area (Å²) in [6.45, 7) is 4.92. The van der Waals surface area contributed by atoms with Crippen LogP contribution >= 0.6 is 0 Å². The number of para-hydroxylation sites is 2. The van der Waals surface area contributed by atoms with Gasteiger partial charge in [0.25, 0.3) is 0 Å². The predicted molar refractivity (Wildman–Crippen MR) is 199 cm³/mol. The zero-order valence-electron chi connectivity index (χ0n) is 29.9. The van der Waals surface area contributed by atoms with Gasteiger partial charge in [-0.2, -0.15) is 0 Å². The van der Waals surface area contributed by atoms with Crippen molar-refractivity contribution >= 4 is 22.9 Å². The van der Waals surface area contributed by atoms with E-state index in [9.17, 15) is 4.79 Å². The topological polar surface area (TPSA) is 94.0 Å². The Balaban J connectivity index is 1.01. The Morgan fingerprint density at radius 3 is 2.24 bits per heavy atom. The first-order valence-corrected chi connectivity index (χ1v) is 17.9. The molecular formula is C41H48N6O4. The molecule has 51 heavy (non-hydrogen) atoms. The third-order valence-corrected chi connectivity index (χ3v) is 10.5. The lowest BCUT2D eigenvalue weighted by atomic mass is 9.77. The van der Waals surface area contributed by atoms with Gasteiger partial charge < -0.3 is 33.9 Å². The molecule has 7 rings (SSSR count). The van der Waals surface area contributed by atoms with Crippen LogP contribution in [0.25, 0.3) is 11.0 Å². The Bertz CT molecular complexity index is 1900.